The molecular weight excluding hydrogens is 444 g/mol. The molecular formula is C32H20N2O2. The molecule has 8 aromatic rings. The van der Waals surface area contributed by atoms with Crippen molar-refractivity contribution in [1.82, 2.24) is 0 Å². The standard InChI is InChI=1S/C16H9NO2.C16H11N/c18-17(19)14-9-7-12-5-4-10-2-1-3-11-6-8-13(14)16(12)15(10)11;17-14-9-7-12-5-4-10-2-1-3-11-6-8-13(14)16(12)15(10)11/h1-9H;1-9H,17H2. The van der Waals surface area contributed by atoms with Gasteiger partial charge in [0.15, 0.2) is 0 Å². The summed E-state index contributed by atoms with van der Waals surface area (Å²) in [6, 6.07) is 36.5. The molecule has 0 radical (unpaired) electrons. The summed E-state index contributed by atoms with van der Waals surface area (Å²) in [6.45, 7) is 0. The fraction of sp³-hybridized carbons (Fsp3) is 0. The Kier molecular flexibility index (Phi) is 4.26. The van der Waals surface area contributed by atoms with Crippen LogP contribution in [0.15, 0.2) is 109 Å². The second-order valence-electron chi connectivity index (χ2n) is 9.21. The van der Waals surface area contributed by atoms with Gasteiger partial charge in [0.05, 0.1) is 10.3 Å². The number of nitrogens with zero attached hydrogens (tertiary/aromatic N) is 1. The molecule has 0 fully saturated rings. The Bertz CT molecular complexity index is 2060. The van der Waals surface area contributed by atoms with Gasteiger partial charge < -0.3 is 5.73 Å². The second kappa shape index (κ2) is 7.52. The Morgan fingerprint density at radius 1 is 0.472 bits per heavy atom. The first kappa shape index (κ1) is 20.4. The molecule has 0 aliphatic rings. The van der Waals surface area contributed by atoms with Crippen LogP contribution in [0.5, 0.6) is 0 Å². The van der Waals surface area contributed by atoms with Crippen LogP contribution in [0, 0.1) is 10.1 Å². The summed E-state index contributed by atoms with van der Waals surface area (Å²) in [7, 11) is 0. The number of nitro groups is 1. The van der Waals surface area contributed by atoms with Crippen LogP contribution in [0.2, 0.25) is 0 Å². The van der Waals surface area contributed by atoms with Crippen molar-refractivity contribution in [3.05, 3.63) is 119 Å². The average molecular weight is 465 g/mol. The van der Waals surface area contributed by atoms with Gasteiger partial charge in [-0.15, -0.1) is 0 Å². The zero-order valence-corrected chi connectivity index (χ0v) is 19.2. The number of nitrogen functional groups attached to an aromatic ring is 1. The van der Waals surface area contributed by atoms with Gasteiger partial charge in [-0.1, -0.05) is 84.9 Å². The van der Waals surface area contributed by atoms with Crippen molar-refractivity contribution >= 4 is 76.0 Å². The third-order valence-corrected chi connectivity index (χ3v) is 7.26. The van der Waals surface area contributed by atoms with E-state index >= 15 is 0 Å². The highest BCUT2D eigenvalue weighted by Gasteiger charge is 2.16. The minimum atomic E-state index is -0.314. The number of hydrogen-bond acceptors (Lipinski definition) is 3. The fourth-order valence-electron chi connectivity index (χ4n) is 5.64. The zero-order chi connectivity index (χ0) is 24.4. The van der Waals surface area contributed by atoms with Crippen molar-refractivity contribution < 1.29 is 4.92 Å². The van der Waals surface area contributed by atoms with E-state index in [1.807, 2.05) is 48.5 Å². The molecule has 4 nitrogen and oxygen atoms in total. The van der Waals surface area contributed by atoms with Crippen LogP contribution in [-0.2, 0) is 0 Å². The molecule has 2 N–H and O–H groups in total. The normalized spacial score (nSPS) is 11.7. The number of hydrogen-bond donors (Lipinski definition) is 1. The first-order valence-electron chi connectivity index (χ1n) is 11.8. The summed E-state index contributed by atoms with van der Waals surface area (Å²) in [6.07, 6.45) is 0. The van der Waals surface area contributed by atoms with Gasteiger partial charge in [-0.3, -0.25) is 10.1 Å². The molecule has 0 aliphatic carbocycles. The van der Waals surface area contributed by atoms with Crippen LogP contribution in [0.25, 0.3) is 64.6 Å². The fourth-order valence-corrected chi connectivity index (χ4v) is 5.64. The highest BCUT2D eigenvalue weighted by atomic mass is 16.6. The molecule has 0 heterocycles. The monoisotopic (exact) mass is 464 g/mol. The Morgan fingerprint density at radius 2 is 0.861 bits per heavy atom. The Morgan fingerprint density at radius 3 is 1.39 bits per heavy atom. The molecule has 0 aliphatic heterocycles. The molecule has 0 unspecified atom stereocenters. The van der Waals surface area contributed by atoms with Gasteiger partial charge in [0.1, 0.15) is 0 Å². The van der Waals surface area contributed by atoms with Gasteiger partial charge in [-0.2, -0.15) is 0 Å². The number of non-ortho nitro benzene ring substituents is 1. The van der Waals surface area contributed by atoms with Crippen molar-refractivity contribution in [2.24, 2.45) is 0 Å². The lowest BCUT2D eigenvalue weighted by molar-refractivity contribution is -0.383. The Hall–Kier alpha value is -4.96. The van der Waals surface area contributed by atoms with Crippen molar-refractivity contribution in [2.45, 2.75) is 0 Å². The minimum Gasteiger partial charge on any atom is -0.398 e. The summed E-state index contributed by atoms with van der Waals surface area (Å²) in [5.41, 5.74) is 7.10. The SMILES string of the molecule is Nc1ccc2ccc3cccc4ccc1c2c34.O=[N+]([O-])c1ccc2ccc3cccc4ccc1c2c34. The Balaban J connectivity index is 0.000000123. The van der Waals surface area contributed by atoms with E-state index in [1.54, 1.807) is 6.07 Å². The van der Waals surface area contributed by atoms with Gasteiger partial charge in [0, 0.05) is 22.5 Å². The number of rotatable bonds is 1. The van der Waals surface area contributed by atoms with Gasteiger partial charge in [0.25, 0.3) is 5.69 Å². The third kappa shape index (κ3) is 2.88. The first-order valence-corrected chi connectivity index (χ1v) is 11.8. The predicted octanol–water partition coefficient (Wildman–Crippen LogP) is 8.66. The maximum atomic E-state index is 11.2. The lowest BCUT2D eigenvalue weighted by Gasteiger charge is -2.11. The largest absolute Gasteiger partial charge is 0.398 e. The van der Waals surface area contributed by atoms with Crippen molar-refractivity contribution in [1.29, 1.82) is 0 Å². The molecule has 0 saturated heterocycles. The van der Waals surface area contributed by atoms with Crippen molar-refractivity contribution in [2.75, 3.05) is 5.73 Å². The molecule has 0 atom stereocenters. The molecule has 0 bridgehead atoms. The third-order valence-electron chi connectivity index (χ3n) is 7.26. The molecule has 0 saturated carbocycles. The van der Waals surface area contributed by atoms with E-state index in [9.17, 15) is 10.1 Å². The summed E-state index contributed by atoms with van der Waals surface area (Å²) in [5, 5.41) is 24.9. The average Bonchev–Trinajstić information content (AvgIpc) is 2.91. The van der Waals surface area contributed by atoms with Crippen LogP contribution < -0.4 is 5.73 Å². The van der Waals surface area contributed by atoms with Crippen LogP contribution >= 0.6 is 0 Å². The lowest BCUT2D eigenvalue weighted by atomic mass is 9.94. The molecule has 0 spiro atoms. The first-order chi connectivity index (χ1) is 17.6. The zero-order valence-electron chi connectivity index (χ0n) is 19.2. The van der Waals surface area contributed by atoms with E-state index in [0.717, 1.165) is 38.0 Å². The number of nitro benzene ring substituents is 1. The molecule has 0 amide bonds. The van der Waals surface area contributed by atoms with E-state index in [2.05, 4.69) is 54.6 Å². The van der Waals surface area contributed by atoms with Crippen molar-refractivity contribution in [3.63, 3.8) is 0 Å². The quantitative estimate of drug-likeness (QED) is 0.114. The van der Waals surface area contributed by atoms with E-state index in [1.165, 1.54) is 26.9 Å². The summed E-state index contributed by atoms with van der Waals surface area (Å²) >= 11 is 0. The van der Waals surface area contributed by atoms with Crippen LogP contribution in [0.1, 0.15) is 0 Å². The molecule has 8 rings (SSSR count). The van der Waals surface area contributed by atoms with E-state index < -0.39 is 0 Å². The molecule has 4 heteroatoms. The summed E-state index contributed by atoms with van der Waals surface area (Å²) < 4.78 is 0. The maximum absolute atomic E-state index is 11.2. The maximum Gasteiger partial charge on any atom is 0.277 e. The summed E-state index contributed by atoms with van der Waals surface area (Å²) in [4.78, 5) is 10.8. The topological polar surface area (TPSA) is 69.2 Å². The molecule has 170 valence electrons. The number of benzene rings is 8. The molecule has 0 aromatic heterocycles. The van der Waals surface area contributed by atoms with Crippen molar-refractivity contribution in [3.8, 4) is 0 Å². The van der Waals surface area contributed by atoms with Crippen LogP contribution in [0.4, 0.5) is 11.4 Å². The Labute approximate surface area is 206 Å². The molecule has 36 heavy (non-hydrogen) atoms. The molecule has 8 aromatic carbocycles. The lowest BCUT2D eigenvalue weighted by Crippen LogP contribution is -1.91. The second-order valence-corrected chi connectivity index (χ2v) is 9.21. The minimum absolute atomic E-state index is 0.172. The van der Waals surface area contributed by atoms with Gasteiger partial charge in [0.2, 0.25) is 0 Å². The van der Waals surface area contributed by atoms with Gasteiger partial charge in [-0.05, 0) is 66.7 Å². The van der Waals surface area contributed by atoms with Gasteiger partial charge >= 0.3 is 0 Å². The predicted molar refractivity (Wildman–Crippen MR) is 151 cm³/mol. The van der Waals surface area contributed by atoms with E-state index in [0.29, 0.717) is 5.39 Å². The summed E-state index contributed by atoms with van der Waals surface area (Å²) in [5.74, 6) is 0. The van der Waals surface area contributed by atoms with E-state index in [-0.39, 0.29) is 10.6 Å². The van der Waals surface area contributed by atoms with Gasteiger partial charge in [-0.25, -0.2) is 0 Å². The highest BCUT2D eigenvalue weighted by molar-refractivity contribution is 6.25. The van der Waals surface area contributed by atoms with Crippen LogP contribution in [0.3, 0.4) is 0 Å². The smallest absolute Gasteiger partial charge is 0.277 e. The number of anilines is 1. The van der Waals surface area contributed by atoms with Crippen LogP contribution in [-0.4, -0.2) is 4.92 Å². The van der Waals surface area contributed by atoms with E-state index in [4.69, 9.17) is 5.73 Å². The number of nitrogens with two attached hydrogens (primary N) is 1. The highest BCUT2D eigenvalue weighted by Crippen LogP contribution is 2.38.